The van der Waals surface area contributed by atoms with Crippen molar-refractivity contribution in [2.45, 2.75) is 25.8 Å². The second-order valence-corrected chi connectivity index (χ2v) is 2.42. The van der Waals surface area contributed by atoms with Gasteiger partial charge < -0.3 is 10.1 Å². The summed E-state index contributed by atoms with van der Waals surface area (Å²) in [5.41, 5.74) is 0. The molecule has 0 aliphatic carbocycles. The molecule has 0 saturated carbocycles. The molecule has 0 radical (unpaired) electrons. The topological polar surface area (TPSA) is 21.3 Å². The van der Waals surface area contributed by atoms with E-state index in [1.165, 1.54) is 6.92 Å². The lowest BCUT2D eigenvalue weighted by Gasteiger charge is -2.11. The van der Waals surface area contributed by atoms with Crippen LogP contribution in [0.4, 0.5) is 8.78 Å². The zero-order valence-electron chi connectivity index (χ0n) is 6.94. The SMILES string of the molecule is COCCCNC(C)C(F)F. The molecule has 0 fully saturated rings. The fourth-order valence-corrected chi connectivity index (χ4v) is 0.635. The number of rotatable bonds is 6. The smallest absolute Gasteiger partial charge is 0.253 e. The van der Waals surface area contributed by atoms with Crippen molar-refractivity contribution < 1.29 is 13.5 Å². The Kier molecular flexibility index (Phi) is 6.36. The third kappa shape index (κ3) is 6.19. The maximum Gasteiger partial charge on any atom is 0.253 e. The summed E-state index contributed by atoms with van der Waals surface area (Å²) in [6, 6.07) is -0.716. The van der Waals surface area contributed by atoms with E-state index < -0.39 is 12.5 Å². The van der Waals surface area contributed by atoms with Gasteiger partial charge in [0.05, 0.1) is 6.04 Å². The summed E-state index contributed by atoms with van der Waals surface area (Å²) in [6.07, 6.45) is -1.51. The maximum atomic E-state index is 11.8. The zero-order chi connectivity index (χ0) is 8.69. The van der Waals surface area contributed by atoms with Crippen LogP contribution in [0, 0.1) is 0 Å². The number of alkyl halides is 2. The van der Waals surface area contributed by atoms with Crippen LogP contribution in [-0.2, 0) is 4.74 Å². The minimum Gasteiger partial charge on any atom is -0.385 e. The molecule has 0 aliphatic rings. The van der Waals surface area contributed by atoms with Crippen molar-refractivity contribution in [2.75, 3.05) is 20.3 Å². The van der Waals surface area contributed by atoms with Gasteiger partial charge in [0.15, 0.2) is 0 Å². The van der Waals surface area contributed by atoms with Gasteiger partial charge in [-0.25, -0.2) is 8.78 Å². The summed E-state index contributed by atoms with van der Waals surface area (Å²) in [5, 5.41) is 2.69. The molecule has 2 nitrogen and oxygen atoms in total. The van der Waals surface area contributed by atoms with Crippen molar-refractivity contribution >= 4 is 0 Å². The minimum atomic E-state index is -2.28. The Labute approximate surface area is 65.9 Å². The molecule has 1 atom stereocenters. The van der Waals surface area contributed by atoms with Crippen LogP contribution in [-0.4, -0.2) is 32.7 Å². The molecule has 0 rings (SSSR count). The Morgan fingerprint density at radius 1 is 1.45 bits per heavy atom. The molecule has 0 saturated heterocycles. The molecule has 1 N–H and O–H groups in total. The molecule has 68 valence electrons. The molecule has 0 amide bonds. The number of halogens is 2. The van der Waals surface area contributed by atoms with E-state index in [0.717, 1.165) is 6.42 Å². The molecule has 0 spiro atoms. The number of hydrogen-bond donors (Lipinski definition) is 1. The lowest BCUT2D eigenvalue weighted by Crippen LogP contribution is -2.33. The standard InChI is InChI=1S/C7H15F2NO/c1-6(7(8)9)10-4-3-5-11-2/h6-7,10H,3-5H2,1-2H3. The second kappa shape index (κ2) is 6.49. The first kappa shape index (κ1) is 10.8. The summed E-state index contributed by atoms with van der Waals surface area (Å²) >= 11 is 0. The number of ether oxygens (including phenoxy) is 1. The van der Waals surface area contributed by atoms with Crippen LogP contribution in [0.1, 0.15) is 13.3 Å². The van der Waals surface area contributed by atoms with E-state index in [2.05, 4.69) is 5.32 Å². The summed E-state index contributed by atoms with van der Waals surface area (Å²) in [5.74, 6) is 0. The van der Waals surface area contributed by atoms with Crippen molar-refractivity contribution in [3.63, 3.8) is 0 Å². The Morgan fingerprint density at radius 3 is 2.55 bits per heavy atom. The minimum absolute atomic E-state index is 0.583. The lowest BCUT2D eigenvalue weighted by molar-refractivity contribution is 0.104. The first-order valence-corrected chi connectivity index (χ1v) is 3.69. The molecule has 0 bridgehead atoms. The van der Waals surface area contributed by atoms with E-state index in [1.807, 2.05) is 0 Å². The largest absolute Gasteiger partial charge is 0.385 e. The third-order valence-electron chi connectivity index (χ3n) is 1.37. The fraction of sp³-hybridized carbons (Fsp3) is 1.00. The molecule has 0 heterocycles. The van der Waals surface area contributed by atoms with Crippen LogP contribution >= 0.6 is 0 Å². The highest BCUT2D eigenvalue weighted by atomic mass is 19.3. The normalized spacial score (nSPS) is 13.9. The van der Waals surface area contributed by atoms with Crippen molar-refractivity contribution in [3.05, 3.63) is 0 Å². The van der Waals surface area contributed by atoms with Gasteiger partial charge in [-0.3, -0.25) is 0 Å². The van der Waals surface area contributed by atoms with Gasteiger partial charge in [-0.1, -0.05) is 0 Å². The van der Waals surface area contributed by atoms with Gasteiger partial charge in [-0.05, 0) is 19.9 Å². The van der Waals surface area contributed by atoms with Gasteiger partial charge in [0.1, 0.15) is 0 Å². The van der Waals surface area contributed by atoms with Crippen molar-refractivity contribution in [3.8, 4) is 0 Å². The van der Waals surface area contributed by atoms with Gasteiger partial charge >= 0.3 is 0 Å². The van der Waals surface area contributed by atoms with Crippen molar-refractivity contribution in [1.29, 1.82) is 0 Å². The van der Waals surface area contributed by atoms with Gasteiger partial charge in [0, 0.05) is 13.7 Å². The lowest BCUT2D eigenvalue weighted by atomic mass is 10.3. The van der Waals surface area contributed by atoms with Gasteiger partial charge in [0.25, 0.3) is 6.43 Å². The van der Waals surface area contributed by atoms with Crippen LogP contribution in [0.15, 0.2) is 0 Å². The molecule has 1 unspecified atom stereocenters. The van der Waals surface area contributed by atoms with E-state index in [9.17, 15) is 8.78 Å². The molecule has 4 heteroatoms. The van der Waals surface area contributed by atoms with Gasteiger partial charge in [-0.15, -0.1) is 0 Å². The average Bonchev–Trinajstić information content (AvgIpc) is 1.97. The van der Waals surface area contributed by atoms with Crippen LogP contribution in [0.2, 0.25) is 0 Å². The first-order chi connectivity index (χ1) is 5.18. The summed E-state index contributed by atoms with van der Waals surface area (Å²) < 4.78 is 28.4. The molecule has 11 heavy (non-hydrogen) atoms. The number of methoxy groups -OCH3 is 1. The molecule has 0 aromatic carbocycles. The monoisotopic (exact) mass is 167 g/mol. The Balaban J connectivity index is 3.10. The molecular formula is C7H15F2NO. The summed E-state index contributed by atoms with van der Waals surface area (Å²) in [4.78, 5) is 0. The quantitative estimate of drug-likeness (QED) is 0.601. The Hall–Kier alpha value is -0.220. The van der Waals surface area contributed by atoms with E-state index >= 15 is 0 Å². The fourth-order valence-electron chi connectivity index (χ4n) is 0.635. The first-order valence-electron chi connectivity index (χ1n) is 3.69. The highest BCUT2D eigenvalue weighted by Gasteiger charge is 2.12. The Bertz CT molecular complexity index is 90.5. The highest BCUT2D eigenvalue weighted by molar-refractivity contribution is 4.61. The zero-order valence-corrected chi connectivity index (χ0v) is 6.94. The van der Waals surface area contributed by atoms with Gasteiger partial charge in [-0.2, -0.15) is 0 Å². The van der Waals surface area contributed by atoms with E-state index in [-0.39, 0.29) is 0 Å². The maximum absolute atomic E-state index is 11.8. The van der Waals surface area contributed by atoms with Crippen molar-refractivity contribution in [2.24, 2.45) is 0 Å². The third-order valence-corrected chi connectivity index (χ3v) is 1.37. The molecular weight excluding hydrogens is 152 g/mol. The average molecular weight is 167 g/mol. The molecule has 0 aromatic rings. The van der Waals surface area contributed by atoms with E-state index in [4.69, 9.17) is 4.74 Å². The number of hydrogen-bond acceptors (Lipinski definition) is 2. The predicted molar refractivity (Wildman–Crippen MR) is 40.0 cm³/mol. The molecule has 0 aromatic heterocycles. The molecule has 0 aliphatic heterocycles. The van der Waals surface area contributed by atoms with Crippen molar-refractivity contribution in [1.82, 2.24) is 5.32 Å². The summed E-state index contributed by atoms with van der Waals surface area (Å²) in [6.45, 7) is 2.67. The van der Waals surface area contributed by atoms with E-state index in [0.29, 0.717) is 13.2 Å². The Morgan fingerprint density at radius 2 is 2.09 bits per heavy atom. The highest BCUT2D eigenvalue weighted by Crippen LogP contribution is 1.98. The number of nitrogens with one attached hydrogen (secondary N) is 1. The van der Waals surface area contributed by atoms with E-state index in [1.54, 1.807) is 7.11 Å². The van der Waals surface area contributed by atoms with Crippen LogP contribution in [0.3, 0.4) is 0 Å². The van der Waals surface area contributed by atoms with Gasteiger partial charge in [0.2, 0.25) is 0 Å². The van der Waals surface area contributed by atoms with Crippen LogP contribution in [0.5, 0.6) is 0 Å². The summed E-state index contributed by atoms with van der Waals surface area (Å²) in [7, 11) is 1.59. The second-order valence-electron chi connectivity index (χ2n) is 2.42. The van der Waals surface area contributed by atoms with Crippen LogP contribution < -0.4 is 5.32 Å². The predicted octanol–water partition coefficient (Wildman–Crippen LogP) is 1.27. The van der Waals surface area contributed by atoms with Crippen LogP contribution in [0.25, 0.3) is 0 Å².